The van der Waals surface area contributed by atoms with Gasteiger partial charge in [0.15, 0.2) is 11.8 Å². The molecule has 8 nitrogen and oxygen atoms in total. The summed E-state index contributed by atoms with van der Waals surface area (Å²) in [5.41, 5.74) is 4.22. The molecule has 4 rings (SSSR count). The number of hydrogen-bond acceptors (Lipinski definition) is 4. The van der Waals surface area contributed by atoms with Gasteiger partial charge in [-0.3, -0.25) is 5.10 Å². The molecule has 8 heteroatoms. The second kappa shape index (κ2) is 9.71. The van der Waals surface area contributed by atoms with E-state index in [-0.39, 0.29) is 0 Å². The maximum absolute atomic E-state index is 4.81. The summed E-state index contributed by atoms with van der Waals surface area (Å²) in [7, 11) is 2.01. The van der Waals surface area contributed by atoms with E-state index in [0.717, 1.165) is 46.5 Å². The Kier molecular flexibility index (Phi) is 6.37. The van der Waals surface area contributed by atoms with Crippen LogP contribution < -0.4 is 5.32 Å². The van der Waals surface area contributed by atoms with Crippen molar-refractivity contribution in [3.05, 3.63) is 78.5 Å². The Morgan fingerprint density at radius 2 is 1.90 bits per heavy atom. The van der Waals surface area contributed by atoms with Crippen LogP contribution in [-0.2, 0) is 13.1 Å². The number of benzene rings is 2. The van der Waals surface area contributed by atoms with Crippen LogP contribution in [0.25, 0.3) is 22.6 Å². The molecule has 0 amide bonds. The second-order valence-corrected chi connectivity index (χ2v) is 7.17. The molecule has 0 fully saturated rings. The lowest BCUT2D eigenvalue weighted by atomic mass is 10.1. The third-order valence-electron chi connectivity index (χ3n) is 4.82. The zero-order valence-corrected chi connectivity index (χ0v) is 17.7. The summed E-state index contributed by atoms with van der Waals surface area (Å²) < 4.78 is 0. The Morgan fingerprint density at radius 1 is 1.06 bits per heavy atom. The summed E-state index contributed by atoms with van der Waals surface area (Å²) in [6.45, 7) is 4.03. The number of rotatable bonds is 7. The molecule has 158 valence electrons. The third-order valence-corrected chi connectivity index (χ3v) is 4.82. The number of guanidine groups is 1. The normalized spacial score (nSPS) is 11.5. The van der Waals surface area contributed by atoms with Crippen molar-refractivity contribution in [1.29, 1.82) is 0 Å². The zero-order chi connectivity index (χ0) is 21.5. The van der Waals surface area contributed by atoms with Gasteiger partial charge in [-0.1, -0.05) is 48.5 Å². The largest absolute Gasteiger partial charge is 0.357 e. The van der Waals surface area contributed by atoms with Gasteiger partial charge in [-0.25, -0.2) is 15.0 Å². The predicted octanol–water partition coefficient (Wildman–Crippen LogP) is 3.46. The van der Waals surface area contributed by atoms with Crippen molar-refractivity contribution in [3.8, 4) is 22.6 Å². The van der Waals surface area contributed by atoms with Gasteiger partial charge in [0, 0.05) is 19.2 Å². The van der Waals surface area contributed by atoms with Crippen molar-refractivity contribution >= 4 is 5.96 Å². The van der Waals surface area contributed by atoms with Gasteiger partial charge in [-0.05, 0) is 24.1 Å². The summed E-state index contributed by atoms with van der Waals surface area (Å²) in [6, 6.07) is 18.3. The maximum Gasteiger partial charge on any atom is 0.194 e. The Bertz CT molecular complexity index is 1120. The highest BCUT2D eigenvalue weighted by atomic mass is 15.3. The predicted molar refractivity (Wildman–Crippen MR) is 122 cm³/mol. The fourth-order valence-corrected chi connectivity index (χ4v) is 3.30. The van der Waals surface area contributed by atoms with E-state index in [4.69, 9.17) is 4.99 Å². The summed E-state index contributed by atoms with van der Waals surface area (Å²) in [5, 5.41) is 10.2. The second-order valence-electron chi connectivity index (χ2n) is 7.17. The molecule has 0 spiro atoms. The van der Waals surface area contributed by atoms with E-state index in [0.29, 0.717) is 13.1 Å². The lowest BCUT2D eigenvalue weighted by Gasteiger charge is -2.21. The number of imidazole rings is 1. The van der Waals surface area contributed by atoms with Gasteiger partial charge in [0.25, 0.3) is 0 Å². The van der Waals surface area contributed by atoms with Crippen molar-refractivity contribution in [1.82, 2.24) is 35.4 Å². The summed E-state index contributed by atoms with van der Waals surface area (Å²) in [5.74, 6) is 2.46. The van der Waals surface area contributed by atoms with E-state index in [1.54, 1.807) is 0 Å². The minimum Gasteiger partial charge on any atom is -0.357 e. The number of aliphatic imine (C=N–C) groups is 1. The minimum absolute atomic E-state index is 0.558. The highest BCUT2D eigenvalue weighted by Crippen LogP contribution is 2.17. The summed E-state index contributed by atoms with van der Waals surface area (Å²) in [4.78, 5) is 19.0. The zero-order valence-electron chi connectivity index (χ0n) is 17.7. The first kappa shape index (κ1) is 20.3. The Hall–Kier alpha value is -3.94. The molecule has 0 saturated carbocycles. The average Bonchev–Trinajstić information content (AvgIpc) is 3.50. The van der Waals surface area contributed by atoms with Gasteiger partial charge in [-0.15, -0.1) is 0 Å². The molecule has 3 N–H and O–H groups in total. The molecule has 31 heavy (non-hydrogen) atoms. The molecule has 0 unspecified atom stereocenters. The van der Waals surface area contributed by atoms with Gasteiger partial charge in [-0.2, -0.15) is 5.10 Å². The fourth-order valence-electron chi connectivity index (χ4n) is 3.30. The molecule has 0 radical (unpaired) electrons. The van der Waals surface area contributed by atoms with Crippen LogP contribution in [0, 0.1) is 0 Å². The Morgan fingerprint density at radius 3 is 2.68 bits per heavy atom. The SMILES string of the molecule is CCNC(=NCc1cccc(-c2ncn[nH]2)c1)N(C)Cc1ncc(-c2ccccc2)[nH]1. The highest BCUT2D eigenvalue weighted by Gasteiger charge is 2.10. The van der Waals surface area contributed by atoms with Crippen LogP contribution in [0.2, 0.25) is 0 Å². The van der Waals surface area contributed by atoms with Gasteiger partial charge >= 0.3 is 0 Å². The topological polar surface area (TPSA) is 97.9 Å². The fraction of sp³-hybridized carbons (Fsp3) is 0.217. The van der Waals surface area contributed by atoms with E-state index in [1.165, 1.54) is 6.33 Å². The molecular weight excluding hydrogens is 388 g/mol. The average molecular weight is 415 g/mol. The van der Waals surface area contributed by atoms with Crippen molar-refractivity contribution < 1.29 is 0 Å². The third kappa shape index (κ3) is 5.16. The van der Waals surface area contributed by atoms with Crippen LogP contribution in [0.1, 0.15) is 18.3 Å². The van der Waals surface area contributed by atoms with Crippen molar-refractivity contribution in [2.75, 3.05) is 13.6 Å². The molecule has 0 saturated heterocycles. The highest BCUT2D eigenvalue weighted by molar-refractivity contribution is 5.79. The molecular formula is C23H26N8. The first-order chi connectivity index (χ1) is 15.2. The van der Waals surface area contributed by atoms with Crippen LogP contribution in [0.5, 0.6) is 0 Å². The van der Waals surface area contributed by atoms with Gasteiger partial charge in [0.1, 0.15) is 12.2 Å². The summed E-state index contributed by atoms with van der Waals surface area (Å²) >= 11 is 0. The molecule has 2 aromatic heterocycles. The summed E-state index contributed by atoms with van der Waals surface area (Å²) in [6.07, 6.45) is 3.38. The monoisotopic (exact) mass is 414 g/mol. The van der Waals surface area contributed by atoms with Crippen LogP contribution in [0.15, 0.2) is 72.1 Å². The van der Waals surface area contributed by atoms with Gasteiger partial charge < -0.3 is 15.2 Å². The van der Waals surface area contributed by atoms with Gasteiger partial charge in [0.05, 0.1) is 25.0 Å². The molecule has 4 aromatic rings. The standard InChI is InChI=1S/C23H26N8/c1-3-24-23(26-13-17-8-7-11-19(12-17)22-27-16-28-30-22)31(2)15-21-25-14-20(29-21)18-9-5-4-6-10-18/h4-12,14,16H,3,13,15H2,1-2H3,(H,24,26)(H,25,29)(H,27,28,30). The number of aromatic amines is 2. The van der Waals surface area contributed by atoms with E-state index >= 15 is 0 Å². The van der Waals surface area contributed by atoms with Crippen LogP contribution in [-0.4, -0.2) is 49.6 Å². The number of nitrogens with zero attached hydrogens (tertiary/aromatic N) is 5. The van der Waals surface area contributed by atoms with E-state index in [2.05, 4.69) is 66.6 Å². The van der Waals surface area contributed by atoms with E-state index in [9.17, 15) is 0 Å². The van der Waals surface area contributed by atoms with Crippen LogP contribution >= 0.6 is 0 Å². The first-order valence-electron chi connectivity index (χ1n) is 10.3. The number of hydrogen-bond donors (Lipinski definition) is 3. The first-order valence-corrected chi connectivity index (χ1v) is 10.3. The van der Waals surface area contributed by atoms with Crippen LogP contribution in [0.3, 0.4) is 0 Å². The van der Waals surface area contributed by atoms with Crippen molar-refractivity contribution in [3.63, 3.8) is 0 Å². The number of H-pyrrole nitrogens is 2. The number of aromatic nitrogens is 5. The van der Waals surface area contributed by atoms with Gasteiger partial charge in [0.2, 0.25) is 0 Å². The van der Waals surface area contributed by atoms with E-state index in [1.807, 2.05) is 43.6 Å². The Labute approximate surface area is 181 Å². The maximum atomic E-state index is 4.81. The van der Waals surface area contributed by atoms with E-state index < -0.39 is 0 Å². The molecule has 0 aliphatic heterocycles. The molecule has 2 heterocycles. The molecule has 0 aliphatic carbocycles. The number of nitrogens with one attached hydrogen (secondary N) is 3. The minimum atomic E-state index is 0.558. The molecule has 0 aliphatic rings. The molecule has 0 atom stereocenters. The Balaban J connectivity index is 1.45. The van der Waals surface area contributed by atoms with Crippen LogP contribution in [0.4, 0.5) is 0 Å². The molecule has 2 aromatic carbocycles. The van der Waals surface area contributed by atoms with Crippen molar-refractivity contribution in [2.45, 2.75) is 20.0 Å². The molecule has 0 bridgehead atoms. The van der Waals surface area contributed by atoms with Crippen molar-refractivity contribution in [2.24, 2.45) is 4.99 Å². The quantitative estimate of drug-likeness (QED) is 0.318. The smallest absolute Gasteiger partial charge is 0.194 e. The lowest BCUT2D eigenvalue weighted by molar-refractivity contribution is 0.464. The lowest BCUT2D eigenvalue weighted by Crippen LogP contribution is -2.38.